The molecule has 0 atom stereocenters. The zero-order valence-electron chi connectivity index (χ0n) is 21.1. The SMILES string of the molecule is Nc1c(S(=O)(=O)O)cc(Nc2ccc(NC(=O)c3ccccc3)cc2)c2c1C(=O)c1ccccc1C2=O.[H-].[Na+]. The molecule has 1 aliphatic rings. The molecule has 0 heterocycles. The molecular formula is C27H20N3NaO6S. The van der Waals surface area contributed by atoms with Gasteiger partial charge >= 0.3 is 29.6 Å². The molecule has 0 spiro atoms. The Bertz CT molecular complexity index is 1710. The molecular weight excluding hydrogens is 517 g/mol. The second kappa shape index (κ2) is 10.5. The minimum atomic E-state index is -4.82. The molecule has 0 bridgehead atoms. The number of carbonyl (C=O) groups excluding carboxylic acids is 3. The van der Waals surface area contributed by atoms with Gasteiger partial charge in [-0.3, -0.25) is 18.9 Å². The Balaban J connectivity index is 0.00000210. The Morgan fingerprint density at radius 3 is 1.89 bits per heavy atom. The summed E-state index contributed by atoms with van der Waals surface area (Å²) < 4.78 is 33.9. The summed E-state index contributed by atoms with van der Waals surface area (Å²) in [5.41, 5.74) is 6.71. The van der Waals surface area contributed by atoms with Gasteiger partial charge in [0.05, 0.1) is 22.5 Å². The Morgan fingerprint density at radius 1 is 0.789 bits per heavy atom. The quantitative estimate of drug-likeness (QED) is 0.149. The van der Waals surface area contributed by atoms with Crippen molar-refractivity contribution in [3.05, 3.63) is 113 Å². The van der Waals surface area contributed by atoms with Crippen LogP contribution in [0.5, 0.6) is 0 Å². The number of nitrogen functional groups attached to an aromatic ring is 1. The summed E-state index contributed by atoms with van der Waals surface area (Å²) in [6.45, 7) is 0. The number of nitrogens with one attached hydrogen (secondary N) is 2. The molecule has 4 aromatic rings. The van der Waals surface area contributed by atoms with E-state index in [0.29, 0.717) is 16.9 Å². The van der Waals surface area contributed by atoms with E-state index in [1.54, 1.807) is 66.7 Å². The van der Waals surface area contributed by atoms with Gasteiger partial charge in [-0.15, -0.1) is 0 Å². The van der Waals surface area contributed by atoms with Gasteiger partial charge in [-0.05, 0) is 42.5 Å². The van der Waals surface area contributed by atoms with Gasteiger partial charge in [0.25, 0.3) is 16.0 Å². The summed E-state index contributed by atoms with van der Waals surface area (Å²) in [5, 5.41) is 5.71. The first-order valence-electron chi connectivity index (χ1n) is 11.0. The van der Waals surface area contributed by atoms with Crippen molar-refractivity contribution in [2.75, 3.05) is 16.4 Å². The van der Waals surface area contributed by atoms with Crippen LogP contribution in [-0.4, -0.2) is 30.4 Å². The standard InChI is InChI=1S/C27H19N3O6S.Na.H/c28-24-21(37(34,35)36)14-20(22-23(24)26(32)19-9-5-4-8-18(19)25(22)31)29-16-10-12-17(13-11-16)30-27(33)15-6-2-1-3-7-15;;/h1-14,29H,28H2,(H,30,33)(H,34,35,36);;/q;+1;-1. The minimum Gasteiger partial charge on any atom is -1.00 e. The number of hydrogen-bond acceptors (Lipinski definition) is 7. The van der Waals surface area contributed by atoms with Gasteiger partial charge in [-0.2, -0.15) is 8.42 Å². The molecule has 0 aliphatic heterocycles. The topological polar surface area (TPSA) is 156 Å². The Hall–Kier alpha value is -3.80. The van der Waals surface area contributed by atoms with E-state index in [4.69, 9.17) is 5.73 Å². The van der Waals surface area contributed by atoms with Crippen LogP contribution >= 0.6 is 0 Å². The number of carbonyl (C=O) groups is 3. The molecule has 0 radical (unpaired) electrons. The van der Waals surface area contributed by atoms with E-state index in [1.165, 1.54) is 12.1 Å². The van der Waals surface area contributed by atoms with Crippen LogP contribution in [0.1, 0.15) is 43.6 Å². The molecule has 9 nitrogen and oxygen atoms in total. The van der Waals surface area contributed by atoms with Gasteiger partial charge in [0.1, 0.15) is 4.90 Å². The van der Waals surface area contributed by atoms with Crippen LogP contribution in [0, 0.1) is 0 Å². The van der Waals surface area contributed by atoms with Crippen LogP contribution in [0.15, 0.2) is 89.8 Å². The van der Waals surface area contributed by atoms with E-state index < -0.39 is 32.3 Å². The van der Waals surface area contributed by atoms with Crippen LogP contribution < -0.4 is 45.9 Å². The summed E-state index contributed by atoms with van der Waals surface area (Å²) in [7, 11) is -4.82. The molecule has 0 aromatic heterocycles. The van der Waals surface area contributed by atoms with Crippen molar-refractivity contribution in [3.8, 4) is 0 Å². The van der Waals surface area contributed by atoms with Crippen molar-refractivity contribution in [3.63, 3.8) is 0 Å². The molecule has 0 unspecified atom stereocenters. The Kier molecular flexibility index (Phi) is 7.54. The third-order valence-electron chi connectivity index (χ3n) is 5.94. The maximum Gasteiger partial charge on any atom is 1.00 e. The molecule has 5 rings (SSSR count). The molecule has 186 valence electrons. The molecule has 0 saturated carbocycles. The largest absolute Gasteiger partial charge is 1.00 e. The summed E-state index contributed by atoms with van der Waals surface area (Å²) in [6.07, 6.45) is 0. The molecule has 1 aliphatic carbocycles. The number of ketones is 2. The average molecular weight is 538 g/mol. The minimum absolute atomic E-state index is 0. The van der Waals surface area contributed by atoms with E-state index in [-0.39, 0.29) is 64.8 Å². The van der Waals surface area contributed by atoms with Crippen molar-refractivity contribution in [1.29, 1.82) is 0 Å². The maximum atomic E-state index is 13.4. The summed E-state index contributed by atoms with van der Waals surface area (Å²) in [6, 6.07) is 22.2. The molecule has 0 fully saturated rings. The van der Waals surface area contributed by atoms with Crippen molar-refractivity contribution in [2.45, 2.75) is 4.90 Å². The monoisotopic (exact) mass is 537 g/mol. The Labute approximate surface area is 241 Å². The van der Waals surface area contributed by atoms with Crippen LogP contribution in [0.3, 0.4) is 0 Å². The number of anilines is 4. The van der Waals surface area contributed by atoms with E-state index in [2.05, 4.69) is 10.6 Å². The Morgan fingerprint density at radius 2 is 1.32 bits per heavy atom. The summed E-state index contributed by atoms with van der Waals surface area (Å²) in [5.74, 6) is -1.45. The van der Waals surface area contributed by atoms with Crippen molar-refractivity contribution < 1.29 is 58.3 Å². The van der Waals surface area contributed by atoms with Gasteiger partial charge in [-0.25, -0.2) is 0 Å². The molecule has 5 N–H and O–H groups in total. The van der Waals surface area contributed by atoms with Crippen LogP contribution in [0.25, 0.3) is 0 Å². The third kappa shape index (κ3) is 5.00. The van der Waals surface area contributed by atoms with Crippen LogP contribution in [0.2, 0.25) is 0 Å². The molecule has 4 aromatic carbocycles. The van der Waals surface area contributed by atoms with E-state index in [9.17, 15) is 27.4 Å². The van der Waals surface area contributed by atoms with Crippen LogP contribution in [-0.2, 0) is 10.1 Å². The summed E-state index contributed by atoms with van der Waals surface area (Å²) in [4.78, 5) is 38.3. The smallest absolute Gasteiger partial charge is 1.00 e. The fourth-order valence-corrected chi connectivity index (χ4v) is 4.84. The average Bonchev–Trinajstić information content (AvgIpc) is 2.89. The zero-order valence-corrected chi connectivity index (χ0v) is 22.9. The molecule has 0 saturated heterocycles. The van der Waals surface area contributed by atoms with Gasteiger partial charge in [0, 0.05) is 28.1 Å². The van der Waals surface area contributed by atoms with E-state index in [0.717, 1.165) is 6.07 Å². The fourth-order valence-electron chi connectivity index (χ4n) is 4.19. The first-order chi connectivity index (χ1) is 17.6. The second-order valence-electron chi connectivity index (χ2n) is 8.29. The van der Waals surface area contributed by atoms with Gasteiger partial charge < -0.3 is 17.8 Å². The molecule has 11 heteroatoms. The normalized spacial score (nSPS) is 12.1. The maximum absolute atomic E-state index is 13.4. The molecule has 38 heavy (non-hydrogen) atoms. The number of nitrogens with two attached hydrogens (primary N) is 1. The van der Waals surface area contributed by atoms with Crippen LogP contribution in [0.4, 0.5) is 22.7 Å². The van der Waals surface area contributed by atoms with Crippen molar-refractivity contribution in [1.82, 2.24) is 0 Å². The predicted octanol–water partition coefficient (Wildman–Crippen LogP) is 1.40. The van der Waals surface area contributed by atoms with E-state index in [1.807, 2.05) is 0 Å². The number of fused-ring (bicyclic) bond motifs is 2. The van der Waals surface area contributed by atoms with E-state index >= 15 is 0 Å². The number of benzene rings is 4. The fraction of sp³-hybridized carbons (Fsp3) is 0. The summed E-state index contributed by atoms with van der Waals surface area (Å²) >= 11 is 0. The third-order valence-corrected chi connectivity index (χ3v) is 6.83. The second-order valence-corrected chi connectivity index (χ2v) is 9.68. The number of hydrogen-bond donors (Lipinski definition) is 4. The first kappa shape index (κ1) is 27.2. The predicted molar refractivity (Wildman–Crippen MR) is 139 cm³/mol. The zero-order chi connectivity index (χ0) is 26.3. The van der Waals surface area contributed by atoms with Gasteiger partial charge in [0.2, 0.25) is 0 Å². The van der Waals surface area contributed by atoms with Crippen molar-refractivity contribution >= 4 is 50.3 Å². The van der Waals surface area contributed by atoms with Crippen molar-refractivity contribution in [2.24, 2.45) is 0 Å². The van der Waals surface area contributed by atoms with Gasteiger partial charge in [-0.1, -0.05) is 42.5 Å². The number of rotatable bonds is 5. The number of amides is 1. The molecule has 1 amide bonds. The first-order valence-corrected chi connectivity index (χ1v) is 12.4. The van der Waals surface area contributed by atoms with Gasteiger partial charge in [0.15, 0.2) is 11.6 Å².